The number of aromatic carboxylic acids is 1. The molecule has 27 heavy (non-hydrogen) atoms. The van der Waals surface area contributed by atoms with Gasteiger partial charge in [-0.25, -0.2) is 4.79 Å². The van der Waals surface area contributed by atoms with Gasteiger partial charge in [0.15, 0.2) is 0 Å². The van der Waals surface area contributed by atoms with Gasteiger partial charge in [0.05, 0.1) is 18.4 Å². The highest BCUT2D eigenvalue weighted by Crippen LogP contribution is 2.26. The number of benzene rings is 3. The van der Waals surface area contributed by atoms with E-state index in [0.717, 1.165) is 16.9 Å². The summed E-state index contributed by atoms with van der Waals surface area (Å²) in [4.78, 5) is 11.1. The number of carbonyl (C=O) groups is 1. The Morgan fingerprint density at radius 3 is 2.37 bits per heavy atom. The maximum absolute atomic E-state index is 11.1. The van der Waals surface area contributed by atoms with E-state index >= 15 is 0 Å². The van der Waals surface area contributed by atoms with Gasteiger partial charge in [-0.1, -0.05) is 42.5 Å². The second-order valence-electron chi connectivity index (χ2n) is 5.99. The number of hydrogen-bond donors (Lipinski definition) is 2. The molecule has 0 saturated heterocycles. The molecule has 3 aromatic carbocycles. The Kier molecular flexibility index (Phi) is 5.94. The molecule has 2 N–H and O–H groups in total. The van der Waals surface area contributed by atoms with Crippen LogP contribution < -0.4 is 14.8 Å². The van der Waals surface area contributed by atoms with Crippen LogP contribution in [0, 0.1) is 0 Å². The van der Waals surface area contributed by atoms with Crippen LogP contribution in [0.4, 0.5) is 5.69 Å². The van der Waals surface area contributed by atoms with Crippen molar-refractivity contribution < 1.29 is 19.4 Å². The first-order valence-corrected chi connectivity index (χ1v) is 8.56. The molecule has 0 fully saturated rings. The molecule has 0 heterocycles. The average Bonchev–Trinajstić information content (AvgIpc) is 2.72. The smallest absolute Gasteiger partial charge is 0.335 e. The fraction of sp³-hybridized carbons (Fsp3) is 0.136. The minimum Gasteiger partial charge on any atom is -0.495 e. The van der Waals surface area contributed by atoms with Gasteiger partial charge in [0.25, 0.3) is 0 Å². The summed E-state index contributed by atoms with van der Waals surface area (Å²) in [6.45, 7) is 1.07. The second-order valence-corrected chi connectivity index (χ2v) is 5.99. The van der Waals surface area contributed by atoms with E-state index in [1.807, 2.05) is 54.6 Å². The molecular weight excluding hydrogens is 342 g/mol. The average molecular weight is 363 g/mol. The summed E-state index contributed by atoms with van der Waals surface area (Å²) in [7, 11) is 1.56. The third-order valence-electron chi connectivity index (χ3n) is 4.10. The quantitative estimate of drug-likeness (QED) is 0.613. The summed E-state index contributed by atoms with van der Waals surface area (Å²) < 4.78 is 11.1. The Labute approximate surface area is 158 Å². The van der Waals surface area contributed by atoms with Gasteiger partial charge < -0.3 is 19.9 Å². The van der Waals surface area contributed by atoms with Crippen LogP contribution in [-0.4, -0.2) is 18.2 Å². The Hall–Kier alpha value is -3.47. The zero-order valence-corrected chi connectivity index (χ0v) is 15.0. The number of rotatable bonds is 8. The number of methoxy groups -OCH3 is 1. The standard InChI is InChI=1S/C22H21NO4/c1-26-21-12-9-18(22(24)25)13-20(21)23-14-16-7-10-19(11-8-16)27-15-17-5-3-2-4-6-17/h2-13,23H,14-15H2,1H3,(H,24,25). The molecule has 0 amide bonds. The van der Waals surface area contributed by atoms with E-state index < -0.39 is 5.97 Å². The van der Waals surface area contributed by atoms with E-state index in [0.29, 0.717) is 24.6 Å². The second kappa shape index (κ2) is 8.76. The zero-order valence-electron chi connectivity index (χ0n) is 15.0. The Morgan fingerprint density at radius 2 is 1.70 bits per heavy atom. The first kappa shape index (κ1) is 18.3. The highest BCUT2D eigenvalue weighted by molar-refractivity contribution is 5.89. The van der Waals surface area contributed by atoms with Crippen LogP contribution in [0.2, 0.25) is 0 Å². The highest BCUT2D eigenvalue weighted by atomic mass is 16.5. The summed E-state index contributed by atoms with van der Waals surface area (Å²) in [5.41, 5.74) is 3.02. The number of anilines is 1. The van der Waals surface area contributed by atoms with Crippen molar-refractivity contribution in [2.75, 3.05) is 12.4 Å². The van der Waals surface area contributed by atoms with E-state index in [2.05, 4.69) is 5.32 Å². The lowest BCUT2D eigenvalue weighted by Gasteiger charge is -2.12. The summed E-state index contributed by atoms with van der Waals surface area (Å²) >= 11 is 0. The molecule has 0 radical (unpaired) electrons. The van der Waals surface area contributed by atoms with Gasteiger partial charge >= 0.3 is 5.97 Å². The zero-order chi connectivity index (χ0) is 19.1. The van der Waals surface area contributed by atoms with Gasteiger partial charge in [0, 0.05) is 6.54 Å². The monoisotopic (exact) mass is 363 g/mol. The Bertz CT molecular complexity index is 892. The van der Waals surface area contributed by atoms with E-state index in [9.17, 15) is 4.79 Å². The van der Waals surface area contributed by atoms with Gasteiger partial charge in [0.2, 0.25) is 0 Å². The number of nitrogens with one attached hydrogen (secondary N) is 1. The number of hydrogen-bond acceptors (Lipinski definition) is 4. The summed E-state index contributed by atoms with van der Waals surface area (Å²) in [6, 6.07) is 22.5. The molecule has 3 aromatic rings. The van der Waals surface area contributed by atoms with Gasteiger partial charge in [-0.05, 0) is 41.5 Å². The number of ether oxygens (including phenoxy) is 2. The highest BCUT2D eigenvalue weighted by Gasteiger charge is 2.09. The lowest BCUT2D eigenvalue weighted by molar-refractivity contribution is 0.0697. The van der Waals surface area contributed by atoms with Gasteiger partial charge in [-0.2, -0.15) is 0 Å². The molecule has 0 aliphatic heterocycles. The van der Waals surface area contributed by atoms with Crippen LogP contribution in [0.15, 0.2) is 72.8 Å². The van der Waals surface area contributed by atoms with Crippen LogP contribution in [0.5, 0.6) is 11.5 Å². The molecule has 3 rings (SSSR count). The molecular formula is C22H21NO4. The van der Waals surface area contributed by atoms with E-state index in [1.165, 1.54) is 6.07 Å². The predicted molar refractivity (Wildman–Crippen MR) is 104 cm³/mol. The van der Waals surface area contributed by atoms with Gasteiger partial charge in [-0.3, -0.25) is 0 Å². The fourth-order valence-electron chi connectivity index (χ4n) is 2.62. The molecule has 0 spiro atoms. The van der Waals surface area contributed by atoms with Crippen LogP contribution >= 0.6 is 0 Å². The van der Waals surface area contributed by atoms with Crippen molar-refractivity contribution in [3.05, 3.63) is 89.5 Å². The first-order chi connectivity index (χ1) is 13.2. The molecule has 0 unspecified atom stereocenters. The van der Waals surface area contributed by atoms with Crippen molar-refractivity contribution >= 4 is 11.7 Å². The molecule has 0 aromatic heterocycles. The topological polar surface area (TPSA) is 67.8 Å². The molecule has 0 atom stereocenters. The maximum Gasteiger partial charge on any atom is 0.335 e. The molecule has 0 saturated carbocycles. The van der Waals surface area contributed by atoms with Crippen molar-refractivity contribution in [3.8, 4) is 11.5 Å². The van der Waals surface area contributed by atoms with Crippen LogP contribution in [0.1, 0.15) is 21.5 Å². The predicted octanol–water partition coefficient (Wildman–Crippen LogP) is 4.58. The molecule has 0 aliphatic carbocycles. The summed E-state index contributed by atoms with van der Waals surface area (Å²) in [5, 5.41) is 12.4. The SMILES string of the molecule is COc1ccc(C(=O)O)cc1NCc1ccc(OCc2ccccc2)cc1. The van der Waals surface area contributed by atoms with E-state index in [-0.39, 0.29) is 5.56 Å². The van der Waals surface area contributed by atoms with Gasteiger partial charge in [-0.15, -0.1) is 0 Å². The first-order valence-electron chi connectivity index (χ1n) is 8.56. The lowest BCUT2D eigenvalue weighted by atomic mass is 10.1. The van der Waals surface area contributed by atoms with Crippen LogP contribution in [0.25, 0.3) is 0 Å². The summed E-state index contributed by atoms with van der Waals surface area (Å²) in [6.07, 6.45) is 0. The molecule has 0 aliphatic rings. The summed E-state index contributed by atoms with van der Waals surface area (Å²) in [5.74, 6) is 0.427. The molecule has 138 valence electrons. The van der Waals surface area contributed by atoms with Crippen LogP contribution in [-0.2, 0) is 13.2 Å². The van der Waals surface area contributed by atoms with Crippen molar-refractivity contribution in [1.82, 2.24) is 0 Å². The maximum atomic E-state index is 11.1. The third-order valence-corrected chi connectivity index (χ3v) is 4.10. The normalized spacial score (nSPS) is 10.3. The minimum absolute atomic E-state index is 0.211. The van der Waals surface area contributed by atoms with Crippen molar-refractivity contribution in [3.63, 3.8) is 0 Å². The van der Waals surface area contributed by atoms with E-state index in [4.69, 9.17) is 14.6 Å². The van der Waals surface area contributed by atoms with Crippen molar-refractivity contribution in [2.45, 2.75) is 13.2 Å². The van der Waals surface area contributed by atoms with Crippen molar-refractivity contribution in [2.24, 2.45) is 0 Å². The Morgan fingerprint density at radius 1 is 0.963 bits per heavy atom. The Balaban J connectivity index is 1.60. The fourth-order valence-corrected chi connectivity index (χ4v) is 2.62. The largest absolute Gasteiger partial charge is 0.495 e. The number of carboxylic acid groups (broad SMARTS) is 1. The van der Waals surface area contributed by atoms with Crippen molar-refractivity contribution in [1.29, 1.82) is 0 Å². The molecule has 5 heteroatoms. The lowest BCUT2D eigenvalue weighted by Crippen LogP contribution is -2.04. The number of carboxylic acids is 1. The van der Waals surface area contributed by atoms with E-state index in [1.54, 1.807) is 19.2 Å². The molecule has 5 nitrogen and oxygen atoms in total. The van der Waals surface area contributed by atoms with Crippen LogP contribution in [0.3, 0.4) is 0 Å². The minimum atomic E-state index is -0.972. The third kappa shape index (κ3) is 5.01. The van der Waals surface area contributed by atoms with Gasteiger partial charge in [0.1, 0.15) is 18.1 Å². The molecule has 0 bridgehead atoms.